The SMILES string of the molecule is C[Si](C)(C)c1cccc(OP(c2ccccc2)c2ccccc2)c1S. The van der Waals surface area contributed by atoms with E-state index in [0.717, 1.165) is 10.6 Å². The van der Waals surface area contributed by atoms with Crippen LogP contribution in [0.15, 0.2) is 83.8 Å². The first-order chi connectivity index (χ1) is 12.0. The Bertz CT molecular complexity index is 792. The van der Waals surface area contributed by atoms with E-state index in [2.05, 4.69) is 80.3 Å². The lowest BCUT2D eigenvalue weighted by molar-refractivity contribution is 0.615. The summed E-state index contributed by atoms with van der Waals surface area (Å²) < 4.78 is 6.56. The van der Waals surface area contributed by atoms with E-state index in [0.29, 0.717) is 0 Å². The van der Waals surface area contributed by atoms with E-state index >= 15 is 0 Å². The van der Waals surface area contributed by atoms with Gasteiger partial charge in [-0.05, 0) is 11.3 Å². The fourth-order valence-corrected chi connectivity index (χ4v) is 7.13. The van der Waals surface area contributed by atoms with Crippen molar-refractivity contribution in [3.8, 4) is 5.75 Å². The Morgan fingerprint density at radius 2 is 1.24 bits per heavy atom. The average Bonchev–Trinajstić information content (AvgIpc) is 2.61. The van der Waals surface area contributed by atoms with E-state index in [1.807, 2.05) is 18.2 Å². The summed E-state index contributed by atoms with van der Waals surface area (Å²) in [7, 11) is -2.39. The standard InChI is InChI=1S/C21H23OPSSi/c1-25(2,3)20-16-10-15-19(21(20)24)22-23(17-11-6-4-7-12-17)18-13-8-5-9-14-18/h4-16,24H,1-3H3. The van der Waals surface area contributed by atoms with Crippen LogP contribution in [0.5, 0.6) is 5.75 Å². The minimum atomic E-state index is -1.47. The fraction of sp³-hybridized carbons (Fsp3) is 0.143. The molecule has 0 bridgehead atoms. The number of hydrogen-bond donors (Lipinski definition) is 1. The first-order valence-electron chi connectivity index (χ1n) is 8.37. The molecule has 1 nitrogen and oxygen atoms in total. The van der Waals surface area contributed by atoms with Gasteiger partial charge in [-0.25, -0.2) is 0 Å². The van der Waals surface area contributed by atoms with Crippen LogP contribution in [-0.4, -0.2) is 8.07 Å². The van der Waals surface area contributed by atoms with Gasteiger partial charge in [0.1, 0.15) is 5.75 Å². The van der Waals surface area contributed by atoms with E-state index in [9.17, 15) is 0 Å². The van der Waals surface area contributed by atoms with E-state index < -0.39 is 16.2 Å². The quantitative estimate of drug-likeness (QED) is 0.373. The Morgan fingerprint density at radius 3 is 1.72 bits per heavy atom. The predicted molar refractivity (Wildman–Crippen MR) is 116 cm³/mol. The first kappa shape index (κ1) is 18.3. The Kier molecular flexibility index (Phi) is 5.68. The number of thiol groups is 1. The summed E-state index contributed by atoms with van der Waals surface area (Å²) in [6, 6.07) is 27.2. The Hall–Kier alpha value is -1.54. The van der Waals surface area contributed by atoms with Crippen LogP contribution in [-0.2, 0) is 0 Å². The molecule has 0 spiro atoms. The van der Waals surface area contributed by atoms with Gasteiger partial charge < -0.3 is 4.52 Å². The molecule has 0 heterocycles. The Morgan fingerprint density at radius 1 is 0.720 bits per heavy atom. The zero-order valence-corrected chi connectivity index (χ0v) is 17.6. The third-order valence-corrected chi connectivity index (χ3v) is 8.60. The molecule has 0 fully saturated rings. The molecule has 0 N–H and O–H groups in total. The summed E-state index contributed by atoms with van der Waals surface area (Å²) in [5, 5.41) is 3.74. The Labute approximate surface area is 158 Å². The van der Waals surface area contributed by atoms with Crippen molar-refractivity contribution < 1.29 is 4.52 Å². The van der Waals surface area contributed by atoms with Gasteiger partial charge in [-0.3, -0.25) is 0 Å². The van der Waals surface area contributed by atoms with E-state index in [1.165, 1.54) is 15.8 Å². The summed E-state index contributed by atoms with van der Waals surface area (Å²) >= 11 is 4.82. The Balaban J connectivity index is 2.03. The number of benzene rings is 3. The average molecular weight is 383 g/mol. The van der Waals surface area contributed by atoms with Crippen molar-refractivity contribution in [3.05, 3.63) is 78.9 Å². The lowest BCUT2D eigenvalue weighted by Gasteiger charge is -2.24. The molecule has 0 atom stereocenters. The molecule has 3 aromatic carbocycles. The van der Waals surface area contributed by atoms with Crippen molar-refractivity contribution in [2.75, 3.05) is 0 Å². The van der Waals surface area contributed by atoms with Crippen LogP contribution >= 0.6 is 20.8 Å². The van der Waals surface area contributed by atoms with Crippen molar-refractivity contribution >= 4 is 44.6 Å². The van der Waals surface area contributed by atoms with Gasteiger partial charge in [-0.15, -0.1) is 12.6 Å². The second-order valence-electron chi connectivity index (χ2n) is 6.96. The minimum absolute atomic E-state index is 0.877. The van der Waals surface area contributed by atoms with Crippen LogP contribution in [0.2, 0.25) is 19.6 Å². The van der Waals surface area contributed by atoms with Crippen LogP contribution in [0.1, 0.15) is 0 Å². The van der Waals surface area contributed by atoms with Crippen molar-refractivity contribution in [1.29, 1.82) is 0 Å². The smallest absolute Gasteiger partial charge is 0.150 e. The van der Waals surface area contributed by atoms with Gasteiger partial charge in [-0.2, -0.15) is 0 Å². The summed E-state index contributed by atoms with van der Waals surface area (Å²) in [4.78, 5) is 0.987. The zero-order valence-electron chi connectivity index (χ0n) is 14.8. The van der Waals surface area contributed by atoms with Crippen LogP contribution < -0.4 is 20.3 Å². The van der Waals surface area contributed by atoms with Crippen molar-refractivity contribution in [2.45, 2.75) is 24.5 Å². The van der Waals surface area contributed by atoms with Gasteiger partial charge in [0.2, 0.25) is 0 Å². The topological polar surface area (TPSA) is 9.23 Å². The van der Waals surface area contributed by atoms with Crippen LogP contribution in [0.25, 0.3) is 0 Å². The fourth-order valence-electron chi connectivity index (χ4n) is 2.68. The van der Waals surface area contributed by atoms with Crippen LogP contribution in [0, 0.1) is 0 Å². The molecule has 0 unspecified atom stereocenters. The molecule has 3 aromatic rings. The highest BCUT2D eigenvalue weighted by atomic mass is 32.1. The van der Waals surface area contributed by atoms with E-state index in [1.54, 1.807) is 0 Å². The summed E-state index contributed by atoms with van der Waals surface area (Å²) in [6.45, 7) is 7.01. The molecule has 0 aromatic heterocycles. The maximum Gasteiger partial charge on any atom is 0.150 e. The molecule has 3 rings (SSSR count). The second kappa shape index (κ2) is 7.78. The summed E-state index contributed by atoms with van der Waals surface area (Å²) in [6.07, 6.45) is 0. The number of rotatable bonds is 5. The highest BCUT2D eigenvalue weighted by Crippen LogP contribution is 2.39. The van der Waals surface area contributed by atoms with Gasteiger partial charge in [-0.1, -0.05) is 92.4 Å². The molecule has 0 radical (unpaired) electrons. The lowest BCUT2D eigenvalue weighted by Crippen LogP contribution is -2.38. The van der Waals surface area contributed by atoms with Gasteiger partial charge >= 0.3 is 0 Å². The van der Waals surface area contributed by atoms with Gasteiger partial charge in [0.15, 0.2) is 8.15 Å². The molecule has 128 valence electrons. The molecule has 0 aliphatic heterocycles. The van der Waals surface area contributed by atoms with Gasteiger partial charge in [0.25, 0.3) is 0 Å². The molecular formula is C21H23OPSSi. The van der Waals surface area contributed by atoms with Gasteiger partial charge in [0.05, 0.1) is 8.07 Å². The molecule has 25 heavy (non-hydrogen) atoms. The summed E-state index contributed by atoms with van der Waals surface area (Å²) in [5.41, 5.74) is 0. The maximum absolute atomic E-state index is 6.56. The maximum atomic E-state index is 6.56. The molecule has 0 saturated heterocycles. The van der Waals surface area contributed by atoms with Crippen molar-refractivity contribution in [3.63, 3.8) is 0 Å². The van der Waals surface area contributed by atoms with Crippen molar-refractivity contribution in [1.82, 2.24) is 0 Å². The number of hydrogen-bond acceptors (Lipinski definition) is 2. The minimum Gasteiger partial charge on any atom is -0.463 e. The van der Waals surface area contributed by atoms with Crippen LogP contribution in [0.4, 0.5) is 0 Å². The molecule has 0 aliphatic rings. The monoisotopic (exact) mass is 382 g/mol. The highest BCUT2D eigenvalue weighted by molar-refractivity contribution is 7.80. The molecule has 0 aliphatic carbocycles. The predicted octanol–water partition coefficient (Wildman–Crippen LogP) is 4.95. The molecule has 0 amide bonds. The van der Waals surface area contributed by atoms with E-state index in [4.69, 9.17) is 17.2 Å². The molecular weight excluding hydrogens is 359 g/mol. The largest absolute Gasteiger partial charge is 0.463 e. The van der Waals surface area contributed by atoms with E-state index in [-0.39, 0.29) is 0 Å². The summed E-state index contributed by atoms with van der Waals surface area (Å²) in [5.74, 6) is 0.877. The third kappa shape index (κ3) is 4.35. The third-order valence-electron chi connectivity index (χ3n) is 3.98. The van der Waals surface area contributed by atoms with Crippen LogP contribution in [0.3, 0.4) is 0 Å². The second-order valence-corrected chi connectivity index (χ2v) is 14.2. The molecule has 0 saturated carbocycles. The van der Waals surface area contributed by atoms with Crippen molar-refractivity contribution in [2.24, 2.45) is 0 Å². The highest BCUT2D eigenvalue weighted by Gasteiger charge is 2.23. The first-order valence-corrected chi connectivity index (χ1v) is 13.6. The normalized spacial score (nSPS) is 11.6. The lowest BCUT2D eigenvalue weighted by atomic mass is 10.3. The molecule has 4 heteroatoms. The zero-order chi connectivity index (χ0) is 17.9. The van der Waals surface area contributed by atoms with Gasteiger partial charge in [0, 0.05) is 15.5 Å².